The molecule has 2 aromatic rings. The van der Waals surface area contributed by atoms with Crippen molar-refractivity contribution in [3.05, 3.63) is 39.3 Å². The number of anilines is 1. The molecule has 2 rings (SSSR count). The van der Waals surface area contributed by atoms with Crippen LogP contribution in [0.3, 0.4) is 0 Å². The van der Waals surface area contributed by atoms with Gasteiger partial charge in [0.2, 0.25) is 0 Å². The van der Waals surface area contributed by atoms with E-state index < -0.39 is 0 Å². The van der Waals surface area contributed by atoms with E-state index >= 15 is 0 Å². The Kier molecular flexibility index (Phi) is 5.59. The zero-order chi connectivity index (χ0) is 15.2. The molecule has 114 valence electrons. The molecule has 0 fully saturated rings. The molecule has 1 N–H and O–H groups in total. The van der Waals surface area contributed by atoms with Crippen molar-refractivity contribution in [2.75, 3.05) is 25.6 Å². The highest BCUT2D eigenvalue weighted by Gasteiger charge is 2.08. The van der Waals surface area contributed by atoms with E-state index in [9.17, 15) is 0 Å². The first-order valence-electron chi connectivity index (χ1n) is 6.99. The highest BCUT2D eigenvalue weighted by molar-refractivity contribution is 7.11. The van der Waals surface area contributed by atoms with Crippen LogP contribution in [-0.4, -0.2) is 25.3 Å². The molecule has 0 radical (unpaired) electrons. The molecule has 0 atom stereocenters. The summed E-state index contributed by atoms with van der Waals surface area (Å²) < 4.78 is 10.8. The standard InChI is InChI=1S/C16H22N2O2S/c1-11-5-6-14(15(9-11)20-8-7-19-4)17-10-16-12(2)18-13(3)21-16/h5-6,9,17H,7-8,10H2,1-4H3. The molecule has 1 heterocycles. The fourth-order valence-electron chi connectivity index (χ4n) is 2.04. The van der Waals surface area contributed by atoms with Crippen LogP contribution in [0, 0.1) is 20.8 Å². The second kappa shape index (κ2) is 7.43. The van der Waals surface area contributed by atoms with Gasteiger partial charge >= 0.3 is 0 Å². The SMILES string of the molecule is COCCOc1cc(C)ccc1NCc1sc(C)nc1C. The maximum atomic E-state index is 5.78. The lowest BCUT2D eigenvalue weighted by molar-refractivity contribution is 0.146. The number of ether oxygens (including phenoxy) is 2. The van der Waals surface area contributed by atoms with Gasteiger partial charge in [0, 0.05) is 12.0 Å². The summed E-state index contributed by atoms with van der Waals surface area (Å²) in [5, 5.41) is 4.54. The van der Waals surface area contributed by atoms with E-state index in [1.54, 1.807) is 18.4 Å². The maximum absolute atomic E-state index is 5.78. The Morgan fingerprint density at radius 2 is 2.00 bits per heavy atom. The third-order valence-corrected chi connectivity index (χ3v) is 4.19. The fourth-order valence-corrected chi connectivity index (χ4v) is 2.92. The Morgan fingerprint density at radius 1 is 1.19 bits per heavy atom. The summed E-state index contributed by atoms with van der Waals surface area (Å²) in [6.45, 7) is 8.04. The molecule has 0 bridgehead atoms. The number of aromatic nitrogens is 1. The van der Waals surface area contributed by atoms with Crippen LogP contribution in [0.2, 0.25) is 0 Å². The maximum Gasteiger partial charge on any atom is 0.142 e. The second-order valence-corrected chi connectivity index (χ2v) is 6.22. The van der Waals surface area contributed by atoms with Gasteiger partial charge in [0.25, 0.3) is 0 Å². The molecule has 1 aromatic heterocycles. The first kappa shape index (κ1) is 15.8. The monoisotopic (exact) mass is 306 g/mol. The second-order valence-electron chi connectivity index (χ2n) is 4.94. The zero-order valence-electron chi connectivity index (χ0n) is 13.0. The summed E-state index contributed by atoms with van der Waals surface area (Å²) >= 11 is 1.73. The molecule has 4 nitrogen and oxygen atoms in total. The van der Waals surface area contributed by atoms with Crippen LogP contribution in [-0.2, 0) is 11.3 Å². The molecule has 0 saturated heterocycles. The molecule has 0 spiro atoms. The van der Waals surface area contributed by atoms with E-state index in [4.69, 9.17) is 9.47 Å². The van der Waals surface area contributed by atoms with Crippen LogP contribution < -0.4 is 10.1 Å². The Balaban J connectivity index is 2.06. The number of nitrogens with zero attached hydrogens (tertiary/aromatic N) is 1. The summed E-state index contributed by atoms with van der Waals surface area (Å²) in [5.74, 6) is 0.867. The molecular weight excluding hydrogens is 284 g/mol. The molecule has 21 heavy (non-hydrogen) atoms. The lowest BCUT2D eigenvalue weighted by Gasteiger charge is -2.13. The molecule has 1 aromatic carbocycles. The summed E-state index contributed by atoms with van der Waals surface area (Å²) in [7, 11) is 1.67. The first-order chi connectivity index (χ1) is 10.1. The Bertz CT molecular complexity index is 596. The van der Waals surface area contributed by atoms with Gasteiger partial charge in [-0.05, 0) is 38.5 Å². The Morgan fingerprint density at radius 3 is 2.67 bits per heavy atom. The molecular formula is C16H22N2O2S. The van der Waals surface area contributed by atoms with Crippen molar-refractivity contribution in [2.45, 2.75) is 27.3 Å². The number of aryl methyl sites for hydroxylation is 3. The molecule has 0 saturated carbocycles. The van der Waals surface area contributed by atoms with Crippen molar-refractivity contribution < 1.29 is 9.47 Å². The topological polar surface area (TPSA) is 43.4 Å². The average Bonchev–Trinajstić information content (AvgIpc) is 2.76. The zero-order valence-corrected chi connectivity index (χ0v) is 13.8. The van der Waals surface area contributed by atoms with Crippen molar-refractivity contribution in [1.82, 2.24) is 4.98 Å². The van der Waals surface area contributed by atoms with Gasteiger partial charge in [-0.2, -0.15) is 0 Å². The smallest absolute Gasteiger partial charge is 0.142 e. The summed E-state index contributed by atoms with van der Waals surface area (Å²) in [6, 6.07) is 6.18. The van der Waals surface area contributed by atoms with Gasteiger partial charge in [-0.3, -0.25) is 0 Å². The third-order valence-electron chi connectivity index (χ3n) is 3.12. The van der Waals surface area contributed by atoms with Crippen LogP contribution in [0.15, 0.2) is 18.2 Å². The lowest BCUT2D eigenvalue weighted by Crippen LogP contribution is -2.07. The van der Waals surface area contributed by atoms with Gasteiger partial charge in [0.1, 0.15) is 12.4 Å². The van der Waals surface area contributed by atoms with Crippen LogP contribution >= 0.6 is 11.3 Å². The number of methoxy groups -OCH3 is 1. The predicted molar refractivity (Wildman–Crippen MR) is 87.5 cm³/mol. The van der Waals surface area contributed by atoms with E-state index in [1.165, 1.54) is 10.4 Å². The van der Waals surface area contributed by atoms with Gasteiger partial charge in [-0.15, -0.1) is 11.3 Å². The van der Waals surface area contributed by atoms with Crippen molar-refractivity contribution in [3.8, 4) is 5.75 Å². The van der Waals surface area contributed by atoms with E-state index in [1.807, 2.05) is 19.9 Å². The van der Waals surface area contributed by atoms with Gasteiger partial charge in [0.05, 0.1) is 29.5 Å². The van der Waals surface area contributed by atoms with Crippen molar-refractivity contribution in [2.24, 2.45) is 0 Å². The van der Waals surface area contributed by atoms with Gasteiger partial charge in [-0.25, -0.2) is 4.98 Å². The lowest BCUT2D eigenvalue weighted by atomic mass is 10.2. The number of nitrogens with one attached hydrogen (secondary N) is 1. The van der Waals surface area contributed by atoms with Crippen LogP contribution in [0.5, 0.6) is 5.75 Å². The number of hydrogen-bond donors (Lipinski definition) is 1. The van der Waals surface area contributed by atoms with Crippen molar-refractivity contribution in [1.29, 1.82) is 0 Å². The minimum atomic E-state index is 0.549. The summed E-state index contributed by atoms with van der Waals surface area (Å²) in [4.78, 5) is 5.71. The minimum absolute atomic E-state index is 0.549. The van der Waals surface area contributed by atoms with Crippen LogP contribution in [0.25, 0.3) is 0 Å². The summed E-state index contributed by atoms with van der Waals surface area (Å²) in [6.07, 6.45) is 0. The predicted octanol–water partition coefficient (Wildman–Crippen LogP) is 3.71. The number of benzene rings is 1. The van der Waals surface area contributed by atoms with E-state index in [2.05, 4.69) is 29.4 Å². The first-order valence-corrected chi connectivity index (χ1v) is 7.81. The van der Waals surface area contributed by atoms with Gasteiger partial charge < -0.3 is 14.8 Å². The highest BCUT2D eigenvalue weighted by atomic mass is 32.1. The number of hydrogen-bond acceptors (Lipinski definition) is 5. The average molecular weight is 306 g/mol. The Hall–Kier alpha value is -1.59. The van der Waals surface area contributed by atoms with Crippen molar-refractivity contribution >= 4 is 17.0 Å². The third kappa shape index (κ3) is 4.44. The highest BCUT2D eigenvalue weighted by Crippen LogP contribution is 2.27. The summed E-state index contributed by atoms with van der Waals surface area (Å²) in [5.41, 5.74) is 3.28. The van der Waals surface area contributed by atoms with E-state index in [0.29, 0.717) is 13.2 Å². The molecule has 0 aliphatic heterocycles. The van der Waals surface area contributed by atoms with Crippen LogP contribution in [0.4, 0.5) is 5.69 Å². The van der Waals surface area contributed by atoms with E-state index in [-0.39, 0.29) is 0 Å². The molecule has 0 aliphatic rings. The van der Waals surface area contributed by atoms with E-state index in [0.717, 1.165) is 28.7 Å². The quantitative estimate of drug-likeness (QED) is 0.792. The van der Waals surface area contributed by atoms with Crippen LogP contribution in [0.1, 0.15) is 21.1 Å². The van der Waals surface area contributed by atoms with Crippen molar-refractivity contribution in [3.63, 3.8) is 0 Å². The molecule has 0 aliphatic carbocycles. The molecule has 0 amide bonds. The number of rotatable bonds is 7. The van der Waals surface area contributed by atoms with Gasteiger partial charge in [-0.1, -0.05) is 6.07 Å². The van der Waals surface area contributed by atoms with Gasteiger partial charge in [0.15, 0.2) is 0 Å². The molecule has 0 unspecified atom stereocenters. The number of thiazole rings is 1. The Labute approximate surface area is 130 Å². The minimum Gasteiger partial charge on any atom is -0.489 e. The molecule has 5 heteroatoms. The normalized spacial score (nSPS) is 10.7. The fraction of sp³-hybridized carbons (Fsp3) is 0.438. The largest absolute Gasteiger partial charge is 0.489 e.